The first-order chi connectivity index (χ1) is 15.6. The van der Waals surface area contributed by atoms with E-state index in [1.807, 2.05) is 67.0 Å². The number of aliphatic imine (C=N–C) groups is 2. The van der Waals surface area contributed by atoms with Crippen LogP contribution in [0.3, 0.4) is 0 Å². The minimum absolute atomic E-state index is 0.00713. The van der Waals surface area contributed by atoms with Gasteiger partial charge in [-0.2, -0.15) is 10.8 Å². The molecule has 2 aromatic carbocycles. The number of quaternary nitrogens is 1. The van der Waals surface area contributed by atoms with Crippen LogP contribution in [0.4, 0.5) is 0 Å². The predicted molar refractivity (Wildman–Crippen MR) is 124 cm³/mol. The van der Waals surface area contributed by atoms with Crippen LogP contribution in [-0.2, 0) is 0 Å². The third-order valence-electron chi connectivity index (χ3n) is 6.76. The number of nitrogens with two attached hydrogens (primary N) is 1. The molecule has 0 spiro atoms. The molecule has 6 nitrogen and oxygen atoms in total. The zero-order chi connectivity index (χ0) is 22.1. The van der Waals surface area contributed by atoms with Crippen molar-refractivity contribution in [2.75, 3.05) is 6.61 Å². The molecule has 162 valence electrons. The quantitative estimate of drug-likeness (QED) is 0.430. The van der Waals surface area contributed by atoms with Gasteiger partial charge in [-0.15, -0.1) is 4.59 Å². The third-order valence-corrected chi connectivity index (χ3v) is 6.76. The summed E-state index contributed by atoms with van der Waals surface area (Å²) in [5, 5.41) is 9.48. The maximum atomic E-state index is 12.8. The number of nitrogens with zero attached hydrogens (tertiary/aromatic N) is 3. The molecule has 0 amide bonds. The number of carbonyl (C=O) groups is 1. The molecule has 0 aromatic heterocycles. The van der Waals surface area contributed by atoms with Crippen LogP contribution in [0.25, 0.3) is 0 Å². The van der Waals surface area contributed by atoms with Crippen molar-refractivity contribution in [1.29, 1.82) is 0 Å². The van der Waals surface area contributed by atoms with Gasteiger partial charge in [-0.25, -0.2) is 0 Å². The summed E-state index contributed by atoms with van der Waals surface area (Å²) in [5.41, 5.74) is 4.08. The van der Waals surface area contributed by atoms with Crippen LogP contribution in [0.5, 0.6) is 0 Å². The van der Waals surface area contributed by atoms with Gasteiger partial charge in [0.15, 0.2) is 5.78 Å². The molecule has 6 heteroatoms. The molecular weight excluding hydrogens is 400 g/mol. The van der Waals surface area contributed by atoms with Gasteiger partial charge in [-0.3, -0.25) is 9.79 Å². The molecular formula is C26H27N4O2+. The Morgan fingerprint density at radius 3 is 2.38 bits per heavy atom. The van der Waals surface area contributed by atoms with Gasteiger partial charge in [-0.05, 0) is 43.7 Å². The standard InChI is InChI=1S/C26H27N4O2/c27-30-15-14-28-16-23(30)24(19-8-6-18(17-31)7-9-19)29-26(30)22-12-10-21(11-13-22)25(32)20-4-2-1-3-5-20/h1-5,10-16,18-19,31H,6-9,17,27H2/q+1. The van der Waals surface area contributed by atoms with E-state index >= 15 is 0 Å². The predicted octanol–water partition coefficient (Wildman–Crippen LogP) is 3.93. The second-order valence-electron chi connectivity index (χ2n) is 8.73. The summed E-state index contributed by atoms with van der Waals surface area (Å²) in [7, 11) is 0. The number of aliphatic hydroxyl groups excluding tert-OH is 1. The summed E-state index contributed by atoms with van der Waals surface area (Å²) in [5.74, 6) is 8.26. The largest absolute Gasteiger partial charge is 0.396 e. The van der Waals surface area contributed by atoms with Crippen LogP contribution < -0.4 is 5.84 Å². The Morgan fingerprint density at radius 1 is 1.00 bits per heavy atom. The minimum atomic E-state index is -0.00919. The molecule has 1 unspecified atom stereocenters. The van der Waals surface area contributed by atoms with Crippen molar-refractivity contribution in [2.24, 2.45) is 27.7 Å². The summed E-state index contributed by atoms with van der Waals surface area (Å²) >= 11 is 0. The Hall–Kier alpha value is -3.19. The lowest BCUT2D eigenvalue weighted by molar-refractivity contribution is -0.750. The molecule has 32 heavy (non-hydrogen) atoms. The van der Waals surface area contributed by atoms with Crippen LogP contribution in [0, 0.1) is 11.8 Å². The number of aliphatic hydroxyl groups is 1. The fourth-order valence-corrected chi connectivity index (χ4v) is 4.85. The molecule has 1 fully saturated rings. The normalized spacial score (nSPS) is 26.8. The molecule has 0 saturated heterocycles. The summed E-state index contributed by atoms with van der Waals surface area (Å²) < 4.78 is -0.00919. The smallest absolute Gasteiger partial charge is 0.264 e. The lowest BCUT2D eigenvalue weighted by Gasteiger charge is -2.28. The van der Waals surface area contributed by atoms with Gasteiger partial charge in [-0.1, -0.05) is 42.5 Å². The number of hydrogen-bond acceptors (Lipinski definition) is 5. The molecule has 0 radical (unpaired) electrons. The van der Waals surface area contributed by atoms with Crippen molar-refractivity contribution in [1.82, 2.24) is 0 Å². The van der Waals surface area contributed by atoms with E-state index in [4.69, 9.17) is 10.8 Å². The molecule has 3 N–H and O–H groups in total. The molecule has 1 aliphatic carbocycles. The average Bonchev–Trinajstić information content (AvgIpc) is 3.17. The summed E-state index contributed by atoms with van der Waals surface area (Å²) in [6, 6.07) is 16.8. The number of hydrogen-bond donors (Lipinski definition) is 2. The van der Waals surface area contributed by atoms with Crippen molar-refractivity contribution in [2.45, 2.75) is 25.7 Å². The van der Waals surface area contributed by atoms with Gasteiger partial charge in [0.25, 0.3) is 5.84 Å². The van der Waals surface area contributed by atoms with Gasteiger partial charge in [0.2, 0.25) is 5.70 Å². The number of rotatable bonds is 5. The van der Waals surface area contributed by atoms with E-state index in [-0.39, 0.29) is 17.0 Å². The van der Waals surface area contributed by atoms with Gasteiger partial charge in [0, 0.05) is 23.7 Å². The minimum Gasteiger partial charge on any atom is -0.396 e. The van der Waals surface area contributed by atoms with E-state index < -0.39 is 0 Å². The number of ketones is 1. The van der Waals surface area contributed by atoms with E-state index in [1.165, 1.54) is 0 Å². The Morgan fingerprint density at radius 2 is 1.69 bits per heavy atom. The highest BCUT2D eigenvalue weighted by molar-refractivity contribution is 6.09. The van der Waals surface area contributed by atoms with E-state index in [0.717, 1.165) is 48.5 Å². The fraction of sp³-hybridized carbons (Fsp3) is 0.269. The Bertz CT molecular complexity index is 1140. The maximum Gasteiger partial charge on any atom is 0.264 e. The van der Waals surface area contributed by atoms with E-state index in [1.54, 1.807) is 6.20 Å². The van der Waals surface area contributed by atoms with E-state index in [2.05, 4.69) is 4.99 Å². The van der Waals surface area contributed by atoms with Gasteiger partial charge in [0.05, 0.1) is 18.0 Å². The zero-order valence-electron chi connectivity index (χ0n) is 17.9. The molecule has 3 aliphatic rings. The highest BCUT2D eigenvalue weighted by Gasteiger charge is 2.46. The first-order valence-corrected chi connectivity index (χ1v) is 11.1. The van der Waals surface area contributed by atoms with Gasteiger partial charge in [0.1, 0.15) is 11.9 Å². The van der Waals surface area contributed by atoms with Crippen LogP contribution >= 0.6 is 0 Å². The Labute approximate surface area is 187 Å². The summed E-state index contributed by atoms with van der Waals surface area (Å²) in [6.45, 7) is 0.252. The lowest BCUT2D eigenvalue weighted by Crippen LogP contribution is -2.53. The van der Waals surface area contributed by atoms with Crippen LogP contribution in [0.15, 0.2) is 88.4 Å². The number of fused-ring (bicyclic) bond motifs is 1. The Balaban J connectivity index is 1.45. The van der Waals surface area contributed by atoms with E-state index in [0.29, 0.717) is 23.0 Å². The highest BCUT2D eigenvalue weighted by Crippen LogP contribution is 2.41. The fourth-order valence-electron chi connectivity index (χ4n) is 4.85. The Kier molecular flexibility index (Phi) is 5.43. The summed E-state index contributed by atoms with van der Waals surface area (Å²) in [4.78, 5) is 22.1. The average molecular weight is 428 g/mol. The molecule has 2 heterocycles. The van der Waals surface area contributed by atoms with Crippen molar-refractivity contribution >= 4 is 17.8 Å². The van der Waals surface area contributed by atoms with Crippen LogP contribution in [0.1, 0.15) is 47.2 Å². The lowest BCUT2D eigenvalue weighted by atomic mass is 9.80. The van der Waals surface area contributed by atoms with Crippen LogP contribution in [-0.4, -0.2) is 34.1 Å². The van der Waals surface area contributed by atoms with Crippen molar-refractivity contribution in [3.8, 4) is 0 Å². The SMILES string of the molecule is N[N+]12C=CN=CC1=C(C1CCC(CO)CC1)N=C2c1ccc(C(=O)c2ccccc2)cc1. The molecule has 2 aliphatic heterocycles. The third kappa shape index (κ3) is 3.56. The van der Waals surface area contributed by atoms with Gasteiger partial charge >= 0.3 is 0 Å². The molecule has 0 bridgehead atoms. The number of carbonyl (C=O) groups excluding carboxylic acids is 1. The second kappa shape index (κ2) is 8.39. The first kappa shape index (κ1) is 20.7. The molecule has 1 saturated carbocycles. The number of amidine groups is 1. The van der Waals surface area contributed by atoms with Crippen molar-refractivity contribution in [3.05, 3.63) is 95.1 Å². The van der Waals surface area contributed by atoms with Crippen LogP contribution in [0.2, 0.25) is 0 Å². The molecule has 5 rings (SSSR count). The zero-order valence-corrected chi connectivity index (χ0v) is 17.9. The second-order valence-corrected chi connectivity index (χ2v) is 8.73. The van der Waals surface area contributed by atoms with Gasteiger partial charge < -0.3 is 5.11 Å². The monoisotopic (exact) mass is 427 g/mol. The summed E-state index contributed by atoms with van der Waals surface area (Å²) in [6.07, 6.45) is 9.35. The number of benzene rings is 2. The maximum absolute atomic E-state index is 12.8. The first-order valence-electron chi connectivity index (χ1n) is 11.1. The van der Waals surface area contributed by atoms with Crippen molar-refractivity contribution in [3.63, 3.8) is 0 Å². The van der Waals surface area contributed by atoms with E-state index in [9.17, 15) is 9.90 Å². The van der Waals surface area contributed by atoms with Crippen molar-refractivity contribution < 1.29 is 14.5 Å². The highest BCUT2D eigenvalue weighted by atomic mass is 16.3. The number of allylic oxidation sites excluding steroid dienone is 2. The molecule has 2 aromatic rings. The molecule has 1 atom stereocenters. The topological polar surface area (TPSA) is 88.0 Å².